The fourth-order valence-electron chi connectivity index (χ4n) is 2.69. The van der Waals surface area contributed by atoms with Crippen LogP contribution in [0.15, 0.2) is 0 Å². The largest absolute Gasteiger partial charge is 0.313 e. The highest BCUT2D eigenvalue weighted by Crippen LogP contribution is 2.07. The van der Waals surface area contributed by atoms with Gasteiger partial charge in [-0.2, -0.15) is 0 Å². The van der Waals surface area contributed by atoms with Gasteiger partial charge in [0.1, 0.15) is 0 Å². The van der Waals surface area contributed by atoms with Crippen molar-refractivity contribution >= 4 is 0 Å². The zero-order chi connectivity index (χ0) is 10.5. The lowest BCUT2D eigenvalue weighted by molar-refractivity contribution is 0.224. The minimum Gasteiger partial charge on any atom is -0.313 e. The molecule has 3 nitrogen and oxygen atoms in total. The van der Waals surface area contributed by atoms with Crippen LogP contribution in [0.1, 0.15) is 26.2 Å². The second kappa shape index (κ2) is 5.83. The van der Waals surface area contributed by atoms with Gasteiger partial charge in [-0.25, -0.2) is 0 Å². The maximum atomic E-state index is 3.55. The van der Waals surface area contributed by atoms with E-state index in [1.54, 1.807) is 0 Å². The van der Waals surface area contributed by atoms with E-state index in [-0.39, 0.29) is 0 Å². The van der Waals surface area contributed by atoms with E-state index in [0.29, 0.717) is 6.04 Å². The minimum absolute atomic E-state index is 0.672. The van der Waals surface area contributed by atoms with Crippen molar-refractivity contribution < 1.29 is 0 Å². The van der Waals surface area contributed by atoms with Crippen LogP contribution in [0.5, 0.6) is 0 Å². The molecule has 0 aromatic heterocycles. The van der Waals surface area contributed by atoms with Crippen LogP contribution < -0.4 is 5.32 Å². The fourth-order valence-corrected chi connectivity index (χ4v) is 2.69. The molecule has 1 unspecified atom stereocenters. The number of hydrogen-bond donors (Lipinski definition) is 1. The van der Waals surface area contributed by atoms with Crippen molar-refractivity contribution in [3.63, 3.8) is 0 Å². The summed E-state index contributed by atoms with van der Waals surface area (Å²) in [6.07, 6.45) is 4.14. The number of rotatable bonds is 3. The van der Waals surface area contributed by atoms with Crippen molar-refractivity contribution in [2.75, 3.05) is 45.8 Å². The number of likely N-dealkylation sites (tertiary alicyclic amines) is 1. The van der Waals surface area contributed by atoms with Gasteiger partial charge in [0.15, 0.2) is 0 Å². The average Bonchev–Trinajstić information content (AvgIpc) is 2.65. The molecule has 1 N–H and O–H groups in total. The zero-order valence-electron chi connectivity index (χ0n) is 10.0. The number of nitrogens with one attached hydrogen (secondary N) is 1. The molecule has 0 bridgehead atoms. The third kappa shape index (κ3) is 3.74. The Kier molecular flexibility index (Phi) is 4.42. The Labute approximate surface area is 93.8 Å². The summed E-state index contributed by atoms with van der Waals surface area (Å²) in [7, 11) is 0. The Morgan fingerprint density at radius 2 is 1.67 bits per heavy atom. The van der Waals surface area contributed by atoms with Crippen molar-refractivity contribution in [3.05, 3.63) is 0 Å². The Morgan fingerprint density at radius 3 is 2.47 bits per heavy atom. The van der Waals surface area contributed by atoms with Crippen LogP contribution in [0.25, 0.3) is 0 Å². The third-order valence-corrected chi connectivity index (χ3v) is 3.61. The molecular weight excluding hydrogens is 186 g/mol. The number of hydrogen-bond acceptors (Lipinski definition) is 3. The summed E-state index contributed by atoms with van der Waals surface area (Å²) in [5.74, 6) is 0. The molecule has 1 atom stereocenters. The molecule has 0 spiro atoms. The maximum Gasteiger partial charge on any atom is 0.0166 e. The summed E-state index contributed by atoms with van der Waals surface area (Å²) in [6.45, 7) is 11.2. The maximum absolute atomic E-state index is 3.55. The molecule has 0 aliphatic carbocycles. The molecule has 2 rings (SSSR count). The Morgan fingerprint density at radius 1 is 1.00 bits per heavy atom. The molecule has 2 fully saturated rings. The van der Waals surface area contributed by atoms with Crippen molar-refractivity contribution in [3.8, 4) is 0 Å². The van der Waals surface area contributed by atoms with Crippen molar-refractivity contribution in [2.45, 2.75) is 32.2 Å². The molecule has 0 aromatic rings. The quantitative estimate of drug-likeness (QED) is 0.744. The first kappa shape index (κ1) is 11.4. The molecule has 0 saturated carbocycles. The van der Waals surface area contributed by atoms with E-state index < -0.39 is 0 Å². The molecule has 0 radical (unpaired) electrons. The first-order valence-electron chi connectivity index (χ1n) is 6.53. The van der Waals surface area contributed by atoms with Crippen molar-refractivity contribution in [1.82, 2.24) is 15.1 Å². The monoisotopic (exact) mass is 211 g/mol. The summed E-state index contributed by atoms with van der Waals surface area (Å²) in [5.41, 5.74) is 0. The standard InChI is InChI=1S/C12H25N3/c1-12-11-15(8-4-5-13-12)10-9-14-6-2-3-7-14/h12-13H,2-11H2,1H3. The second-order valence-corrected chi connectivity index (χ2v) is 5.06. The summed E-state index contributed by atoms with van der Waals surface area (Å²) in [5, 5.41) is 3.55. The molecule has 2 saturated heterocycles. The second-order valence-electron chi connectivity index (χ2n) is 5.06. The normalized spacial score (nSPS) is 30.6. The van der Waals surface area contributed by atoms with E-state index in [1.165, 1.54) is 65.1 Å². The first-order valence-corrected chi connectivity index (χ1v) is 6.53. The molecule has 2 heterocycles. The van der Waals surface area contributed by atoms with Crippen LogP contribution in [-0.4, -0.2) is 61.7 Å². The lowest BCUT2D eigenvalue weighted by atomic mass is 10.3. The summed E-state index contributed by atoms with van der Waals surface area (Å²) >= 11 is 0. The van der Waals surface area contributed by atoms with Crippen LogP contribution in [0.4, 0.5) is 0 Å². The number of nitrogens with zero attached hydrogens (tertiary/aromatic N) is 2. The Bertz CT molecular complexity index is 178. The molecule has 3 heteroatoms. The minimum atomic E-state index is 0.672. The lowest BCUT2D eigenvalue weighted by Crippen LogP contribution is -2.39. The molecular formula is C12H25N3. The van der Waals surface area contributed by atoms with Gasteiger partial charge in [-0.3, -0.25) is 0 Å². The first-order chi connectivity index (χ1) is 7.34. The van der Waals surface area contributed by atoms with Crippen LogP contribution in [0, 0.1) is 0 Å². The van der Waals surface area contributed by atoms with Gasteiger partial charge in [-0.1, -0.05) is 0 Å². The summed E-state index contributed by atoms with van der Waals surface area (Å²) in [6, 6.07) is 0.672. The van der Waals surface area contributed by atoms with Gasteiger partial charge in [-0.15, -0.1) is 0 Å². The predicted octanol–water partition coefficient (Wildman–Crippen LogP) is 0.766. The van der Waals surface area contributed by atoms with Gasteiger partial charge < -0.3 is 15.1 Å². The molecule has 0 amide bonds. The van der Waals surface area contributed by atoms with Crippen LogP contribution in [0.3, 0.4) is 0 Å². The van der Waals surface area contributed by atoms with E-state index in [0.717, 1.165) is 0 Å². The molecule has 88 valence electrons. The van der Waals surface area contributed by atoms with E-state index in [2.05, 4.69) is 22.0 Å². The van der Waals surface area contributed by atoms with E-state index >= 15 is 0 Å². The molecule has 15 heavy (non-hydrogen) atoms. The van der Waals surface area contributed by atoms with Gasteiger partial charge >= 0.3 is 0 Å². The topological polar surface area (TPSA) is 18.5 Å². The highest BCUT2D eigenvalue weighted by molar-refractivity contribution is 4.75. The molecule has 0 aromatic carbocycles. The Balaban J connectivity index is 1.67. The lowest BCUT2D eigenvalue weighted by Gasteiger charge is -2.25. The molecule has 2 aliphatic rings. The Hall–Kier alpha value is -0.120. The molecule has 2 aliphatic heterocycles. The van der Waals surface area contributed by atoms with E-state index in [1.807, 2.05) is 0 Å². The van der Waals surface area contributed by atoms with E-state index in [9.17, 15) is 0 Å². The fraction of sp³-hybridized carbons (Fsp3) is 1.00. The highest BCUT2D eigenvalue weighted by Gasteiger charge is 2.16. The van der Waals surface area contributed by atoms with Gasteiger partial charge in [0.05, 0.1) is 0 Å². The van der Waals surface area contributed by atoms with Crippen molar-refractivity contribution in [2.24, 2.45) is 0 Å². The summed E-state index contributed by atoms with van der Waals surface area (Å²) < 4.78 is 0. The third-order valence-electron chi connectivity index (χ3n) is 3.61. The van der Waals surface area contributed by atoms with Crippen molar-refractivity contribution in [1.29, 1.82) is 0 Å². The van der Waals surface area contributed by atoms with Crippen LogP contribution >= 0.6 is 0 Å². The van der Waals surface area contributed by atoms with Crippen LogP contribution in [-0.2, 0) is 0 Å². The van der Waals surface area contributed by atoms with Gasteiger partial charge in [0, 0.05) is 25.7 Å². The van der Waals surface area contributed by atoms with Crippen LogP contribution in [0.2, 0.25) is 0 Å². The predicted molar refractivity (Wildman–Crippen MR) is 64.2 cm³/mol. The van der Waals surface area contributed by atoms with Gasteiger partial charge in [0.25, 0.3) is 0 Å². The SMILES string of the molecule is CC1CN(CCN2CCCC2)CCCN1. The average molecular weight is 211 g/mol. The van der Waals surface area contributed by atoms with Gasteiger partial charge in [-0.05, 0) is 52.4 Å². The van der Waals surface area contributed by atoms with Gasteiger partial charge in [0.2, 0.25) is 0 Å². The smallest absolute Gasteiger partial charge is 0.0166 e. The zero-order valence-corrected chi connectivity index (χ0v) is 10.0. The highest BCUT2D eigenvalue weighted by atomic mass is 15.2. The summed E-state index contributed by atoms with van der Waals surface area (Å²) in [4.78, 5) is 5.24. The van der Waals surface area contributed by atoms with E-state index in [4.69, 9.17) is 0 Å².